The van der Waals surface area contributed by atoms with Gasteiger partial charge in [0, 0.05) is 17.7 Å². The molecule has 2 aliphatic rings. The Labute approximate surface area is 192 Å². The molecule has 1 unspecified atom stereocenters. The van der Waals surface area contributed by atoms with Gasteiger partial charge < -0.3 is 26.4 Å². The molecule has 0 aliphatic carbocycles. The van der Waals surface area contributed by atoms with Gasteiger partial charge in [-0.3, -0.25) is 5.32 Å². The number of pyridine rings is 1. The fourth-order valence-electron chi connectivity index (χ4n) is 4.30. The van der Waals surface area contributed by atoms with Gasteiger partial charge >= 0.3 is 0 Å². The van der Waals surface area contributed by atoms with E-state index in [-0.39, 0.29) is 23.0 Å². The molecule has 1 aromatic carbocycles. The molecule has 170 valence electrons. The quantitative estimate of drug-likeness (QED) is 0.297. The van der Waals surface area contributed by atoms with Gasteiger partial charge in [-0.1, -0.05) is 24.6 Å². The lowest BCUT2D eigenvalue weighted by Crippen LogP contribution is -2.33. The number of hydrogen-bond acceptors (Lipinski definition) is 10. The van der Waals surface area contributed by atoms with Crippen LogP contribution in [0.4, 0.5) is 17.3 Å². The molecule has 0 saturated carbocycles. The maximum atomic E-state index is 9.51. The van der Waals surface area contributed by atoms with Gasteiger partial charge in [0.15, 0.2) is 6.19 Å². The van der Waals surface area contributed by atoms with Gasteiger partial charge in [-0.05, 0) is 38.4 Å². The number of ether oxygens (including phenoxy) is 1. The summed E-state index contributed by atoms with van der Waals surface area (Å²) in [5, 5.41) is 24.0. The first-order valence-electron chi connectivity index (χ1n) is 11.0. The van der Waals surface area contributed by atoms with Crippen molar-refractivity contribution < 1.29 is 4.74 Å². The van der Waals surface area contributed by atoms with Crippen LogP contribution in [0.25, 0.3) is 0 Å². The van der Waals surface area contributed by atoms with Crippen LogP contribution in [0, 0.1) is 22.8 Å². The van der Waals surface area contributed by atoms with Crippen molar-refractivity contribution in [1.29, 1.82) is 10.5 Å². The lowest BCUT2D eigenvalue weighted by molar-refractivity contribution is 0.204. The molecule has 10 heteroatoms. The number of nitrogens with two attached hydrogens (primary N) is 2. The topological polar surface area (TPSA) is 161 Å². The van der Waals surface area contributed by atoms with Gasteiger partial charge in [-0.25, -0.2) is 9.98 Å². The second kappa shape index (κ2) is 10.1. The number of nitrogens with zero attached hydrogens (tertiary/aromatic N) is 5. The predicted octanol–water partition coefficient (Wildman–Crippen LogP) is 2.31. The van der Waals surface area contributed by atoms with Crippen LogP contribution < -0.4 is 26.8 Å². The zero-order chi connectivity index (χ0) is 23.2. The maximum absolute atomic E-state index is 9.51. The van der Waals surface area contributed by atoms with Crippen LogP contribution in [0.3, 0.4) is 0 Å². The number of nitrogens with one attached hydrogen (secondary N) is 2. The fourth-order valence-corrected chi connectivity index (χ4v) is 4.30. The van der Waals surface area contributed by atoms with Crippen LogP contribution in [0.5, 0.6) is 5.75 Å². The Bertz CT molecular complexity index is 1130. The number of anilines is 3. The number of piperidine rings is 1. The zero-order valence-electron chi connectivity index (χ0n) is 18.3. The molecule has 2 aliphatic heterocycles. The second-order valence-electron chi connectivity index (χ2n) is 8.04. The molecule has 1 atom stereocenters. The average molecular weight is 446 g/mol. The predicted molar refractivity (Wildman–Crippen MR) is 126 cm³/mol. The summed E-state index contributed by atoms with van der Waals surface area (Å²) < 4.78 is 6.16. The number of nitrogen functional groups attached to an aromatic ring is 2. The van der Waals surface area contributed by atoms with E-state index in [4.69, 9.17) is 21.5 Å². The van der Waals surface area contributed by atoms with Crippen molar-refractivity contribution >= 4 is 23.3 Å². The van der Waals surface area contributed by atoms with E-state index in [0.717, 1.165) is 31.6 Å². The third-order valence-corrected chi connectivity index (χ3v) is 5.90. The highest BCUT2D eigenvalue weighted by Crippen LogP contribution is 2.43. The number of guanidine groups is 1. The van der Waals surface area contributed by atoms with Gasteiger partial charge in [0.1, 0.15) is 35.1 Å². The smallest absolute Gasteiger partial charge is 0.211 e. The van der Waals surface area contributed by atoms with Gasteiger partial charge in [0.25, 0.3) is 0 Å². The summed E-state index contributed by atoms with van der Waals surface area (Å²) in [7, 11) is 0. The third kappa shape index (κ3) is 4.76. The minimum atomic E-state index is -0.629. The third-order valence-electron chi connectivity index (χ3n) is 5.90. The largest absolute Gasteiger partial charge is 0.493 e. The van der Waals surface area contributed by atoms with Crippen LogP contribution in [-0.4, -0.2) is 42.1 Å². The lowest BCUT2D eigenvalue weighted by Gasteiger charge is -2.28. The van der Waals surface area contributed by atoms with E-state index in [2.05, 4.69) is 25.5 Å². The van der Waals surface area contributed by atoms with E-state index in [0.29, 0.717) is 23.7 Å². The van der Waals surface area contributed by atoms with Crippen molar-refractivity contribution in [3.8, 4) is 18.0 Å². The standard InChI is InChI=1S/C23H27N9O/c24-13-16-19(26)18-20(29-23(28-14-25)31-22(18)30-21(16)27)15-7-2-3-8-17(15)33-12-6-11-32-9-4-1-5-10-32/h2-3,7-8,20H,1,4-6,9-12H2,(H6,26,27,28,29,30,31). The Hall–Kier alpha value is -4.02. The molecule has 1 saturated heterocycles. The van der Waals surface area contributed by atoms with Crippen LogP contribution in [0.2, 0.25) is 0 Å². The SMILES string of the molecule is N#CNC1=NC(c2ccccc2OCCCN2CCCCC2)c2c(nc(N)c(C#N)c2N)N1. The van der Waals surface area contributed by atoms with Crippen molar-refractivity contribution in [3.63, 3.8) is 0 Å². The van der Waals surface area contributed by atoms with E-state index in [9.17, 15) is 5.26 Å². The summed E-state index contributed by atoms with van der Waals surface area (Å²) in [6.07, 6.45) is 6.62. The summed E-state index contributed by atoms with van der Waals surface area (Å²) in [5.41, 5.74) is 13.9. The molecule has 0 bridgehead atoms. The molecule has 6 N–H and O–H groups in total. The highest BCUT2D eigenvalue weighted by molar-refractivity contribution is 5.98. The normalized spacial score (nSPS) is 17.6. The van der Waals surface area contributed by atoms with Crippen LogP contribution >= 0.6 is 0 Å². The first-order valence-corrected chi connectivity index (χ1v) is 11.0. The van der Waals surface area contributed by atoms with Gasteiger partial charge in [0.05, 0.1) is 12.3 Å². The van der Waals surface area contributed by atoms with Gasteiger partial charge in [-0.2, -0.15) is 10.5 Å². The van der Waals surface area contributed by atoms with Crippen LogP contribution in [0.15, 0.2) is 29.3 Å². The Balaban J connectivity index is 1.61. The first kappa shape index (κ1) is 22.2. The fraction of sp³-hybridized carbons (Fsp3) is 0.391. The van der Waals surface area contributed by atoms with Crippen molar-refractivity contribution in [2.24, 2.45) is 4.99 Å². The van der Waals surface area contributed by atoms with Crippen molar-refractivity contribution in [1.82, 2.24) is 15.2 Å². The summed E-state index contributed by atoms with van der Waals surface area (Å²) >= 11 is 0. The number of aliphatic imine (C=N–C) groups is 1. The Kier molecular flexibility index (Phi) is 6.77. The van der Waals surface area contributed by atoms with Crippen LogP contribution in [0.1, 0.15) is 48.4 Å². The molecule has 1 aromatic heterocycles. The summed E-state index contributed by atoms with van der Waals surface area (Å²) in [4.78, 5) is 11.4. The minimum Gasteiger partial charge on any atom is -0.493 e. The van der Waals surface area contributed by atoms with E-state index >= 15 is 0 Å². The molecule has 1 fully saturated rings. The summed E-state index contributed by atoms with van der Waals surface area (Å²) in [5.74, 6) is 1.25. The molecule has 3 heterocycles. The molecule has 10 nitrogen and oxygen atoms in total. The number of nitriles is 2. The summed E-state index contributed by atoms with van der Waals surface area (Å²) in [6, 6.07) is 8.96. The Morgan fingerprint density at radius 2 is 1.97 bits per heavy atom. The number of hydrogen-bond donors (Lipinski definition) is 4. The highest BCUT2D eigenvalue weighted by atomic mass is 16.5. The molecule has 2 aromatic rings. The number of para-hydroxylation sites is 1. The zero-order valence-corrected chi connectivity index (χ0v) is 18.3. The van der Waals surface area contributed by atoms with Crippen LogP contribution in [-0.2, 0) is 0 Å². The van der Waals surface area contributed by atoms with Crippen molar-refractivity contribution in [2.45, 2.75) is 31.7 Å². The van der Waals surface area contributed by atoms with Crippen molar-refractivity contribution in [2.75, 3.05) is 43.0 Å². The van der Waals surface area contributed by atoms with Crippen molar-refractivity contribution in [3.05, 3.63) is 41.0 Å². The number of benzene rings is 1. The Morgan fingerprint density at radius 1 is 1.18 bits per heavy atom. The summed E-state index contributed by atoms with van der Waals surface area (Å²) in [6.45, 7) is 3.89. The van der Waals surface area contributed by atoms with E-state index in [1.807, 2.05) is 36.5 Å². The van der Waals surface area contributed by atoms with E-state index < -0.39 is 6.04 Å². The monoisotopic (exact) mass is 445 g/mol. The van der Waals surface area contributed by atoms with Gasteiger partial charge in [0.2, 0.25) is 5.96 Å². The first-order chi connectivity index (χ1) is 16.1. The minimum absolute atomic E-state index is 0.0143. The Morgan fingerprint density at radius 3 is 2.73 bits per heavy atom. The highest BCUT2D eigenvalue weighted by Gasteiger charge is 2.31. The molecule has 0 amide bonds. The number of fused-ring (bicyclic) bond motifs is 1. The molecular formula is C23H27N9O. The molecule has 33 heavy (non-hydrogen) atoms. The lowest BCUT2D eigenvalue weighted by atomic mass is 9.94. The molecular weight excluding hydrogens is 418 g/mol. The number of rotatable bonds is 6. The van der Waals surface area contributed by atoms with E-state index in [1.54, 1.807) is 0 Å². The second-order valence-corrected chi connectivity index (χ2v) is 8.04. The van der Waals surface area contributed by atoms with Gasteiger partial charge in [-0.15, -0.1) is 0 Å². The maximum Gasteiger partial charge on any atom is 0.211 e. The number of aromatic nitrogens is 1. The molecule has 0 spiro atoms. The van der Waals surface area contributed by atoms with E-state index in [1.165, 1.54) is 19.3 Å². The average Bonchev–Trinajstić information content (AvgIpc) is 2.82. The molecule has 4 rings (SSSR count). The number of likely N-dealkylation sites (tertiary alicyclic amines) is 1. The molecule has 0 radical (unpaired) electrons.